The first-order valence-electron chi connectivity index (χ1n) is 5.58. The van der Waals surface area contributed by atoms with E-state index in [1.54, 1.807) is 0 Å². The Bertz CT molecular complexity index is 785. The van der Waals surface area contributed by atoms with E-state index in [2.05, 4.69) is 0 Å². The third kappa shape index (κ3) is 2.43. The maximum absolute atomic E-state index is 11.1. The summed E-state index contributed by atoms with van der Waals surface area (Å²) >= 11 is 0. The summed E-state index contributed by atoms with van der Waals surface area (Å²) in [7, 11) is 0. The third-order valence-electron chi connectivity index (χ3n) is 2.71. The highest BCUT2D eigenvalue weighted by atomic mass is 16.6. The predicted molar refractivity (Wildman–Crippen MR) is 70.2 cm³/mol. The minimum absolute atomic E-state index is 0.0222. The minimum Gasteiger partial charge on any atom is -0.507 e. The van der Waals surface area contributed by atoms with E-state index in [1.165, 1.54) is 0 Å². The predicted octanol–water partition coefficient (Wildman–Crippen LogP) is 2.29. The van der Waals surface area contributed by atoms with Gasteiger partial charge >= 0.3 is 11.7 Å². The average Bonchev–Trinajstić information content (AvgIpc) is 2.38. The lowest BCUT2D eigenvalue weighted by atomic mass is 10.1. The van der Waals surface area contributed by atoms with Crippen LogP contribution >= 0.6 is 0 Å². The lowest BCUT2D eigenvalue weighted by molar-refractivity contribution is -0.386. The minimum atomic E-state index is -0.872. The second-order valence-electron chi connectivity index (χ2n) is 4.05. The van der Waals surface area contributed by atoms with Crippen LogP contribution in [0.3, 0.4) is 0 Å². The number of nitro benzene ring substituents is 2. The average molecular weight is 292 g/mol. The fourth-order valence-corrected chi connectivity index (χ4v) is 1.91. The van der Waals surface area contributed by atoms with Gasteiger partial charge in [-0.15, -0.1) is 0 Å². The zero-order chi connectivity index (χ0) is 15.7. The van der Waals surface area contributed by atoms with Gasteiger partial charge in [0.15, 0.2) is 0 Å². The summed E-state index contributed by atoms with van der Waals surface area (Å²) in [5.74, 6) is -1.75. The van der Waals surface area contributed by atoms with E-state index in [-0.39, 0.29) is 16.5 Å². The van der Waals surface area contributed by atoms with Gasteiger partial charge in [0.25, 0.3) is 5.69 Å². The number of hydrogen-bond acceptors (Lipinski definition) is 7. The molecule has 0 amide bonds. The zero-order valence-electron chi connectivity index (χ0n) is 10.6. The van der Waals surface area contributed by atoms with E-state index < -0.39 is 32.9 Å². The van der Waals surface area contributed by atoms with Gasteiger partial charge in [-0.05, 0) is 12.1 Å². The smallest absolute Gasteiger partial charge is 0.312 e. The fourth-order valence-electron chi connectivity index (χ4n) is 1.91. The van der Waals surface area contributed by atoms with Crippen molar-refractivity contribution in [3.8, 4) is 11.5 Å². The molecule has 0 unspecified atom stereocenters. The summed E-state index contributed by atoms with van der Waals surface area (Å²) in [5, 5.41) is 31.5. The van der Waals surface area contributed by atoms with Crippen LogP contribution in [0.4, 0.5) is 11.4 Å². The molecule has 0 aromatic heterocycles. The fraction of sp³-hybridized carbons (Fsp3) is 0.0833. The van der Waals surface area contributed by atoms with Crippen molar-refractivity contribution in [3.05, 3.63) is 44.5 Å². The Morgan fingerprint density at radius 1 is 1.10 bits per heavy atom. The second kappa shape index (κ2) is 5.04. The number of non-ortho nitro benzene ring substituents is 1. The van der Waals surface area contributed by atoms with Crippen LogP contribution in [-0.4, -0.2) is 20.9 Å². The molecule has 2 aromatic carbocycles. The van der Waals surface area contributed by atoms with E-state index in [1.807, 2.05) is 0 Å². The lowest BCUT2D eigenvalue weighted by Gasteiger charge is -2.08. The van der Waals surface area contributed by atoms with Crippen molar-refractivity contribution in [1.82, 2.24) is 0 Å². The summed E-state index contributed by atoms with van der Waals surface area (Å²) in [4.78, 5) is 31.6. The molecular formula is C12H8N2O7. The molecule has 21 heavy (non-hydrogen) atoms. The van der Waals surface area contributed by atoms with Crippen LogP contribution in [-0.2, 0) is 4.79 Å². The molecule has 2 rings (SSSR count). The molecule has 0 radical (unpaired) electrons. The number of fused-ring (bicyclic) bond motifs is 1. The first kappa shape index (κ1) is 14.2. The van der Waals surface area contributed by atoms with Gasteiger partial charge in [-0.3, -0.25) is 25.0 Å². The van der Waals surface area contributed by atoms with Crippen molar-refractivity contribution in [2.75, 3.05) is 0 Å². The molecule has 1 N–H and O–H groups in total. The number of nitro groups is 2. The number of phenolic OH excluding ortho intramolecular Hbond substituents is 1. The number of hydrogen-bond donors (Lipinski definition) is 1. The molecule has 9 nitrogen and oxygen atoms in total. The Balaban J connectivity index is 2.98. The van der Waals surface area contributed by atoms with Crippen molar-refractivity contribution in [1.29, 1.82) is 0 Å². The Labute approximate surface area is 116 Å². The Hall–Kier alpha value is -3.23. The summed E-state index contributed by atoms with van der Waals surface area (Å²) in [6, 6.07) is 4.23. The van der Waals surface area contributed by atoms with Gasteiger partial charge < -0.3 is 9.84 Å². The summed E-state index contributed by atoms with van der Waals surface area (Å²) in [6.07, 6.45) is 0. The monoisotopic (exact) mass is 292 g/mol. The van der Waals surface area contributed by atoms with Crippen molar-refractivity contribution >= 4 is 28.1 Å². The molecule has 0 saturated heterocycles. The summed E-state index contributed by atoms with van der Waals surface area (Å²) in [6.45, 7) is 1.01. The number of aromatic hydroxyl groups is 1. The number of carbonyl (C=O) groups excluding carboxylic acids is 1. The summed E-state index contributed by atoms with van der Waals surface area (Å²) < 4.78 is 4.77. The molecule has 0 aliphatic carbocycles. The molecule has 0 saturated carbocycles. The number of rotatable bonds is 3. The van der Waals surface area contributed by atoms with Crippen LogP contribution < -0.4 is 4.74 Å². The maximum atomic E-state index is 11.1. The quantitative estimate of drug-likeness (QED) is 0.397. The molecule has 0 aliphatic heterocycles. The molecule has 0 heterocycles. The van der Waals surface area contributed by atoms with Crippen LogP contribution in [0.5, 0.6) is 11.5 Å². The van der Waals surface area contributed by atoms with Crippen LogP contribution in [0, 0.1) is 20.2 Å². The van der Waals surface area contributed by atoms with E-state index >= 15 is 0 Å². The van der Waals surface area contributed by atoms with E-state index in [0.29, 0.717) is 0 Å². The SMILES string of the molecule is CC(=O)Oc1c([N+](=O)[O-])ccc2c(O)ccc([N+](=O)[O-])c12. The standard InChI is InChI=1S/C12H8N2O7/c1-6(15)21-12-9(14(19)20)3-2-7-10(16)5-4-8(11(7)12)13(17)18/h2-5,16H,1H3. The zero-order valence-corrected chi connectivity index (χ0v) is 10.6. The summed E-state index contributed by atoms with van der Waals surface area (Å²) in [5.41, 5.74) is -1.12. The van der Waals surface area contributed by atoms with Crippen LogP contribution in [0.15, 0.2) is 24.3 Å². The molecule has 0 spiro atoms. The molecule has 9 heteroatoms. The molecule has 0 atom stereocenters. The lowest BCUT2D eigenvalue weighted by Crippen LogP contribution is -2.05. The van der Waals surface area contributed by atoms with Gasteiger partial charge in [-0.1, -0.05) is 0 Å². The van der Waals surface area contributed by atoms with Gasteiger partial charge in [-0.2, -0.15) is 0 Å². The van der Waals surface area contributed by atoms with Crippen molar-refractivity contribution < 1.29 is 24.5 Å². The molecule has 0 fully saturated rings. The van der Waals surface area contributed by atoms with Crippen molar-refractivity contribution in [2.24, 2.45) is 0 Å². The number of nitrogens with zero attached hydrogens (tertiary/aromatic N) is 2. The molecule has 0 aliphatic rings. The number of phenols is 1. The number of esters is 1. The highest BCUT2D eigenvalue weighted by Crippen LogP contribution is 2.43. The van der Waals surface area contributed by atoms with Gasteiger partial charge in [0.2, 0.25) is 5.75 Å². The Morgan fingerprint density at radius 2 is 1.67 bits per heavy atom. The normalized spacial score (nSPS) is 10.3. The number of carbonyl (C=O) groups is 1. The van der Waals surface area contributed by atoms with Crippen molar-refractivity contribution in [3.63, 3.8) is 0 Å². The van der Waals surface area contributed by atoms with Crippen LogP contribution in [0.2, 0.25) is 0 Å². The Morgan fingerprint density at radius 3 is 2.19 bits per heavy atom. The highest BCUT2D eigenvalue weighted by Gasteiger charge is 2.27. The maximum Gasteiger partial charge on any atom is 0.312 e. The number of benzene rings is 2. The first-order valence-corrected chi connectivity index (χ1v) is 5.58. The van der Waals surface area contributed by atoms with Crippen molar-refractivity contribution in [2.45, 2.75) is 6.92 Å². The van der Waals surface area contributed by atoms with Gasteiger partial charge in [0.05, 0.1) is 9.85 Å². The van der Waals surface area contributed by atoms with Crippen LogP contribution in [0.1, 0.15) is 6.92 Å². The topological polar surface area (TPSA) is 133 Å². The number of ether oxygens (including phenoxy) is 1. The van der Waals surface area contributed by atoms with E-state index in [4.69, 9.17) is 4.74 Å². The van der Waals surface area contributed by atoms with Gasteiger partial charge in [0.1, 0.15) is 11.1 Å². The molecule has 108 valence electrons. The highest BCUT2D eigenvalue weighted by molar-refractivity contribution is 6.03. The molecule has 2 aromatic rings. The second-order valence-corrected chi connectivity index (χ2v) is 4.05. The Kier molecular flexibility index (Phi) is 3.40. The van der Waals surface area contributed by atoms with E-state index in [9.17, 15) is 30.1 Å². The molecule has 0 bridgehead atoms. The first-order chi connectivity index (χ1) is 9.82. The van der Waals surface area contributed by atoms with Crippen LogP contribution in [0.25, 0.3) is 10.8 Å². The van der Waals surface area contributed by atoms with Gasteiger partial charge in [0, 0.05) is 24.4 Å². The van der Waals surface area contributed by atoms with E-state index in [0.717, 1.165) is 31.2 Å². The van der Waals surface area contributed by atoms with Gasteiger partial charge in [-0.25, -0.2) is 0 Å². The largest absolute Gasteiger partial charge is 0.507 e. The molecular weight excluding hydrogens is 284 g/mol. The third-order valence-corrected chi connectivity index (χ3v) is 2.71.